The maximum atomic E-state index is 11.0. The molecule has 0 unspecified atom stereocenters. The van der Waals surface area contributed by atoms with Crippen molar-refractivity contribution in [1.82, 2.24) is 0 Å². The zero-order chi connectivity index (χ0) is 8.85. The smallest absolute Gasteiger partial charge is 0.136 e. The summed E-state index contributed by atoms with van der Waals surface area (Å²) in [5.41, 5.74) is 6.51. The Morgan fingerprint density at radius 3 is 2.36 bits per heavy atom. The second kappa shape index (κ2) is 5.08. The Bertz CT molecular complexity index is 161. The number of ketones is 1. The minimum atomic E-state index is 0.0463. The van der Waals surface area contributed by atoms with Gasteiger partial charge in [0.15, 0.2) is 0 Å². The fourth-order valence-corrected chi connectivity index (χ4v) is 1.12. The fraction of sp³-hybridized carbons (Fsp3) is 0.667. The van der Waals surface area contributed by atoms with Gasteiger partial charge in [0.2, 0.25) is 0 Å². The van der Waals surface area contributed by atoms with Gasteiger partial charge < -0.3 is 5.73 Å². The van der Waals surface area contributed by atoms with Crippen LogP contribution in [0.5, 0.6) is 0 Å². The quantitative estimate of drug-likeness (QED) is 0.625. The van der Waals surface area contributed by atoms with Crippen LogP contribution < -0.4 is 5.73 Å². The van der Waals surface area contributed by atoms with E-state index in [1.54, 1.807) is 6.92 Å². The molecular weight excluding hydrogens is 138 g/mol. The Morgan fingerprint density at radius 1 is 1.55 bits per heavy atom. The Labute approximate surface area is 68.5 Å². The second-order valence-corrected chi connectivity index (χ2v) is 2.77. The lowest BCUT2D eigenvalue weighted by Gasteiger charge is -2.12. The zero-order valence-electron chi connectivity index (χ0n) is 7.55. The van der Waals surface area contributed by atoms with E-state index in [9.17, 15) is 4.79 Å². The number of carbonyl (C=O) groups is 1. The molecule has 0 saturated heterocycles. The van der Waals surface area contributed by atoms with Crippen LogP contribution in [0.3, 0.4) is 0 Å². The molecule has 2 nitrogen and oxygen atoms in total. The molecule has 0 heterocycles. The van der Waals surface area contributed by atoms with Crippen LogP contribution in [0.1, 0.15) is 27.2 Å². The monoisotopic (exact) mass is 155 g/mol. The zero-order valence-corrected chi connectivity index (χ0v) is 7.55. The van der Waals surface area contributed by atoms with Crippen LogP contribution in [-0.4, -0.2) is 12.3 Å². The molecule has 0 spiro atoms. The molecule has 2 N–H and O–H groups in total. The van der Waals surface area contributed by atoms with E-state index in [0.717, 1.165) is 12.0 Å². The number of nitrogens with two attached hydrogens (primary N) is 1. The van der Waals surface area contributed by atoms with Crippen molar-refractivity contribution in [3.63, 3.8) is 0 Å². The van der Waals surface area contributed by atoms with Gasteiger partial charge in [-0.1, -0.05) is 11.6 Å². The van der Waals surface area contributed by atoms with E-state index >= 15 is 0 Å². The average Bonchev–Trinajstić information content (AvgIpc) is 1.98. The van der Waals surface area contributed by atoms with Crippen LogP contribution in [-0.2, 0) is 4.79 Å². The topological polar surface area (TPSA) is 43.1 Å². The van der Waals surface area contributed by atoms with Crippen LogP contribution in [0.2, 0.25) is 0 Å². The first-order valence-corrected chi connectivity index (χ1v) is 3.96. The van der Waals surface area contributed by atoms with Gasteiger partial charge in [-0.3, -0.25) is 4.79 Å². The van der Waals surface area contributed by atoms with E-state index < -0.39 is 0 Å². The van der Waals surface area contributed by atoms with Crippen molar-refractivity contribution in [1.29, 1.82) is 0 Å². The third kappa shape index (κ3) is 3.33. The molecule has 0 saturated carbocycles. The summed E-state index contributed by atoms with van der Waals surface area (Å²) in [4.78, 5) is 11.0. The van der Waals surface area contributed by atoms with Gasteiger partial charge in [0.1, 0.15) is 5.78 Å². The highest BCUT2D eigenvalue weighted by Crippen LogP contribution is 2.14. The lowest BCUT2D eigenvalue weighted by atomic mass is 9.93. The van der Waals surface area contributed by atoms with Crippen LogP contribution in [0, 0.1) is 5.92 Å². The molecule has 0 rings (SSSR count). The second-order valence-electron chi connectivity index (χ2n) is 2.77. The molecule has 0 amide bonds. The summed E-state index contributed by atoms with van der Waals surface area (Å²) in [5.74, 6) is 0.260. The maximum Gasteiger partial charge on any atom is 0.136 e. The summed E-state index contributed by atoms with van der Waals surface area (Å²) in [6.45, 7) is 6.12. The predicted molar refractivity (Wildman–Crippen MR) is 47.3 cm³/mol. The summed E-state index contributed by atoms with van der Waals surface area (Å²) < 4.78 is 0. The summed E-state index contributed by atoms with van der Waals surface area (Å²) in [7, 11) is 0. The third-order valence-electron chi connectivity index (χ3n) is 1.95. The molecule has 0 aromatic carbocycles. The molecule has 0 aromatic heterocycles. The van der Waals surface area contributed by atoms with Gasteiger partial charge in [-0.25, -0.2) is 0 Å². The lowest BCUT2D eigenvalue weighted by Crippen LogP contribution is -2.16. The largest absolute Gasteiger partial charge is 0.330 e. The van der Waals surface area contributed by atoms with Crippen LogP contribution in [0.4, 0.5) is 0 Å². The van der Waals surface area contributed by atoms with Gasteiger partial charge in [0.25, 0.3) is 0 Å². The van der Waals surface area contributed by atoms with Crippen LogP contribution in [0.15, 0.2) is 11.6 Å². The molecule has 0 radical (unpaired) electrons. The van der Waals surface area contributed by atoms with Crippen LogP contribution >= 0.6 is 0 Å². The number of allylic oxidation sites excluding steroid dienone is 2. The molecule has 0 bridgehead atoms. The van der Waals surface area contributed by atoms with E-state index in [4.69, 9.17) is 5.73 Å². The molecule has 11 heavy (non-hydrogen) atoms. The van der Waals surface area contributed by atoms with E-state index in [2.05, 4.69) is 0 Å². The molecule has 64 valence electrons. The van der Waals surface area contributed by atoms with E-state index in [-0.39, 0.29) is 11.7 Å². The van der Waals surface area contributed by atoms with Gasteiger partial charge in [0, 0.05) is 5.92 Å². The van der Waals surface area contributed by atoms with Crippen molar-refractivity contribution in [2.75, 3.05) is 6.54 Å². The van der Waals surface area contributed by atoms with E-state index in [0.29, 0.717) is 6.54 Å². The summed E-state index contributed by atoms with van der Waals surface area (Å²) >= 11 is 0. The molecule has 1 atom stereocenters. The van der Waals surface area contributed by atoms with Gasteiger partial charge in [-0.15, -0.1) is 0 Å². The summed E-state index contributed by atoms with van der Waals surface area (Å²) in [5, 5.41) is 0. The maximum absolute atomic E-state index is 11.0. The van der Waals surface area contributed by atoms with Gasteiger partial charge in [-0.05, 0) is 33.7 Å². The first-order chi connectivity index (χ1) is 5.13. The number of rotatable bonds is 4. The highest BCUT2D eigenvalue weighted by atomic mass is 16.1. The fourth-order valence-electron chi connectivity index (χ4n) is 1.12. The first-order valence-electron chi connectivity index (χ1n) is 3.96. The van der Waals surface area contributed by atoms with Gasteiger partial charge in [0.05, 0.1) is 0 Å². The van der Waals surface area contributed by atoms with Gasteiger partial charge >= 0.3 is 0 Å². The van der Waals surface area contributed by atoms with Crippen molar-refractivity contribution in [3.8, 4) is 0 Å². The van der Waals surface area contributed by atoms with Gasteiger partial charge in [-0.2, -0.15) is 0 Å². The number of Topliss-reactive ketones (excluding diaryl/α,β-unsaturated/α-hetero) is 1. The van der Waals surface area contributed by atoms with Crippen molar-refractivity contribution < 1.29 is 4.79 Å². The van der Waals surface area contributed by atoms with Crippen molar-refractivity contribution in [3.05, 3.63) is 11.6 Å². The molecule has 2 heteroatoms. The standard InChI is InChI=1S/C9H17NO/c1-4-7(2)9(5-6-10)8(3)11/h4,9H,5-6,10H2,1-3H3/b7-4-/t9-/m0/s1. The highest BCUT2D eigenvalue weighted by Gasteiger charge is 2.13. The number of hydrogen-bond acceptors (Lipinski definition) is 2. The van der Waals surface area contributed by atoms with Crippen molar-refractivity contribution in [2.45, 2.75) is 27.2 Å². The molecule has 0 aliphatic heterocycles. The highest BCUT2D eigenvalue weighted by molar-refractivity contribution is 5.81. The molecule has 0 aromatic rings. The Hall–Kier alpha value is -0.630. The third-order valence-corrected chi connectivity index (χ3v) is 1.95. The normalized spacial score (nSPS) is 14.7. The lowest BCUT2D eigenvalue weighted by molar-refractivity contribution is -0.119. The molecule has 0 aliphatic carbocycles. The van der Waals surface area contributed by atoms with E-state index in [1.807, 2.05) is 19.9 Å². The summed E-state index contributed by atoms with van der Waals surface area (Å²) in [6, 6.07) is 0. The Kier molecular flexibility index (Phi) is 4.79. The SMILES string of the molecule is C/C=C(/C)[C@H](CCN)C(C)=O. The molecular formula is C9H17NO. The van der Waals surface area contributed by atoms with E-state index in [1.165, 1.54) is 0 Å². The minimum Gasteiger partial charge on any atom is -0.330 e. The number of hydrogen-bond donors (Lipinski definition) is 1. The average molecular weight is 155 g/mol. The predicted octanol–water partition coefficient (Wildman–Crippen LogP) is 1.51. The van der Waals surface area contributed by atoms with Crippen molar-refractivity contribution >= 4 is 5.78 Å². The number of carbonyl (C=O) groups excluding carboxylic acids is 1. The van der Waals surface area contributed by atoms with Crippen molar-refractivity contribution in [2.24, 2.45) is 11.7 Å². The van der Waals surface area contributed by atoms with Crippen LogP contribution in [0.25, 0.3) is 0 Å². The Morgan fingerprint density at radius 2 is 2.09 bits per heavy atom. The molecule has 0 aliphatic rings. The first kappa shape index (κ1) is 10.4. The summed E-state index contributed by atoms with van der Waals surface area (Å²) in [6.07, 6.45) is 2.74. The minimum absolute atomic E-state index is 0.0463. The molecule has 0 fully saturated rings. The Balaban J connectivity index is 4.21.